The summed E-state index contributed by atoms with van der Waals surface area (Å²) in [6.45, 7) is 4.23. The van der Waals surface area contributed by atoms with E-state index in [4.69, 9.17) is 0 Å². The summed E-state index contributed by atoms with van der Waals surface area (Å²) in [6, 6.07) is 0.859. The van der Waals surface area contributed by atoms with Crippen molar-refractivity contribution in [2.24, 2.45) is 0 Å². The van der Waals surface area contributed by atoms with Gasteiger partial charge in [-0.05, 0) is 19.3 Å². The van der Waals surface area contributed by atoms with E-state index in [0.29, 0.717) is 12.1 Å². The first kappa shape index (κ1) is 8.02. The quantitative estimate of drug-likeness (QED) is 0.602. The van der Waals surface area contributed by atoms with Gasteiger partial charge in [-0.15, -0.1) is 0 Å². The minimum absolute atomic E-state index is 0.0950. The monoisotopic (exact) mass is 143 g/mol. The summed E-state index contributed by atoms with van der Waals surface area (Å²) in [5, 5.41) is 12.7. The van der Waals surface area contributed by atoms with Crippen molar-refractivity contribution in [2.75, 3.05) is 0 Å². The molecule has 0 aliphatic heterocycles. The molecule has 2 heteroatoms. The predicted octanol–water partition coefficient (Wildman–Crippen LogP) is 0.898. The maximum Gasteiger partial charge on any atom is 0.0693 e. The molecule has 1 rings (SSSR count). The van der Waals surface area contributed by atoms with Gasteiger partial charge < -0.3 is 10.4 Å². The molecule has 0 radical (unpaired) electrons. The lowest BCUT2D eigenvalue weighted by molar-refractivity contribution is 0.145. The Bertz CT molecular complexity index is 103. The molecule has 1 fully saturated rings. The van der Waals surface area contributed by atoms with Crippen LogP contribution < -0.4 is 5.32 Å². The first-order valence-electron chi connectivity index (χ1n) is 4.14. The highest BCUT2D eigenvalue weighted by atomic mass is 16.3. The van der Waals surface area contributed by atoms with Gasteiger partial charge in [-0.3, -0.25) is 0 Å². The van der Waals surface area contributed by atoms with Gasteiger partial charge in [0.1, 0.15) is 0 Å². The van der Waals surface area contributed by atoms with E-state index in [9.17, 15) is 5.11 Å². The third kappa shape index (κ3) is 1.96. The molecule has 2 nitrogen and oxygen atoms in total. The van der Waals surface area contributed by atoms with Gasteiger partial charge in [0.25, 0.3) is 0 Å². The molecule has 0 aromatic carbocycles. The van der Waals surface area contributed by atoms with Gasteiger partial charge in [0.15, 0.2) is 0 Å². The molecule has 1 aliphatic carbocycles. The lowest BCUT2D eigenvalue weighted by Gasteiger charge is -2.18. The van der Waals surface area contributed by atoms with Crippen LogP contribution in [0.15, 0.2) is 0 Å². The molecule has 0 amide bonds. The highest BCUT2D eigenvalue weighted by molar-refractivity contribution is 4.83. The lowest BCUT2D eigenvalue weighted by Crippen LogP contribution is -2.39. The van der Waals surface area contributed by atoms with E-state index >= 15 is 0 Å². The predicted molar refractivity (Wildman–Crippen MR) is 41.9 cm³/mol. The molecule has 10 heavy (non-hydrogen) atoms. The lowest BCUT2D eigenvalue weighted by atomic mass is 10.2. The van der Waals surface area contributed by atoms with Crippen LogP contribution >= 0.6 is 0 Å². The zero-order valence-corrected chi connectivity index (χ0v) is 6.80. The van der Waals surface area contributed by atoms with E-state index in [2.05, 4.69) is 19.2 Å². The van der Waals surface area contributed by atoms with Gasteiger partial charge in [-0.25, -0.2) is 0 Å². The fourth-order valence-electron chi connectivity index (χ4n) is 1.56. The van der Waals surface area contributed by atoms with Crippen molar-refractivity contribution in [1.82, 2.24) is 5.32 Å². The Morgan fingerprint density at radius 2 is 2.10 bits per heavy atom. The highest BCUT2D eigenvalue weighted by Crippen LogP contribution is 2.18. The largest absolute Gasteiger partial charge is 0.392 e. The molecule has 1 saturated carbocycles. The molecule has 0 heterocycles. The highest BCUT2D eigenvalue weighted by Gasteiger charge is 2.24. The molecule has 2 atom stereocenters. The number of aliphatic hydroxyl groups is 1. The van der Waals surface area contributed by atoms with Crippen molar-refractivity contribution < 1.29 is 5.11 Å². The normalized spacial score (nSPS) is 33.6. The zero-order valence-electron chi connectivity index (χ0n) is 6.80. The number of hydrogen-bond donors (Lipinski definition) is 2. The molecule has 2 N–H and O–H groups in total. The third-order valence-electron chi connectivity index (χ3n) is 2.03. The Morgan fingerprint density at radius 1 is 1.40 bits per heavy atom. The zero-order chi connectivity index (χ0) is 7.56. The molecule has 60 valence electrons. The summed E-state index contributed by atoms with van der Waals surface area (Å²) in [6.07, 6.45) is 3.19. The Balaban J connectivity index is 2.26. The molecule has 0 aromatic heterocycles. The van der Waals surface area contributed by atoms with Gasteiger partial charge in [0, 0.05) is 12.1 Å². The van der Waals surface area contributed by atoms with Crippen LogP contribution in [0.5, 0.6) is 0 Å². The molecule has 0 bridgehead atoms. The van der Waals surface area contributed by atoms with Gasteiger partial charge in [-0.2, -0.15) is 0 Å². The van der Waals surface area contributed by atoms with E-state index in [1.165, 1.54) is 6.42 Å². The second kappa shape index (κ2) is 3.35. The molecule has 0 saturated heterocycles. The maximum absolute atomic E-state index is 9.38. The van der Waals surface area contributed by atoms with E-state index in [1.54, 1.807) is 0 Å². The molecular formula is C8H17NO. The maximum atomic E-state index is 9.38. The summed E-state index contributed by atoms with van der Waals surface area (Å²) in [5.41, 5.74) is 0. The van der Waals surface area contributed by atoms with Gasteiger partial charge >= 0.3 is 0 Å². The summed E-state index contributed by atoms with van der Waals surface area (Å²) in [7, 11) is 0. The van der Waals surface area contributed by atoms with Crippen LogP contribution in [0.25, 0.3) is 0 Å². The first-order valence-corrected chi connectivity index (χ1v) is 4.14. The third-order valence-corrected chi connectivity index (χ3v) is 2.03. The smallest absolute Gasteiger partial charge is 0.0693 e. The standard InChI is InChI=1S/C8H17NO/c1-6(2)9-7-4-3-5-8(7)10/h6-10H,3-5H2,1-2H3/t7?,8-/m1/s1. The second-order valence-corrected chi connectivity index (χ2v) is 3.43. The van der Waals surface area contributed by atoms with Gasteiger partial charge in [0.05, 0.1) is 6.10 Å². The van der Waals surface area contributed by atoms with E-state index in [-0.39, 0.29) is 6.10 Å². The van der Waals surface area contributed by atoms with Crippen molar-refractivity contribution >= 4 is 0 Å². The van der Waals surface area contributed by atoms with Crippen LogP contribution in [0.2, 0.25) is 0 Å². The molecule has 1 aliphatic rings. The first-order chi connectivity index (χ1) is 4.70. The number of hydrogen-bond acceptors (Lipinski definition) is 2. The van der Waals surface area contributed by atoms with Crippen molar-refractivity contribution in [1.29, 1.82) is 0 Å². The number of nitrogens with one attached hydrogen (secondary N) is 1. The van der Waals surface area contributed by atoms with Crippen LogP contribution in [-0.2, 0) is 0 Å². The van der Waals surface area contributed by atoms with Crippen molar-refractivity contribution in [3.63, 3.8) is 0 Å². The SMILES string of the molecule is CC(C)NC1CCC[C@H]1O. The second-order valence-electron chi connectivity index (χ2n) is 3.43. The molecule has 0 spiro atoms. The summed E-state index contributed by atoms with van der Waals surface area (Å²) < 4.78 is 0. The van der Waals surface area contributed by atoms with Crippen molar-refractivity contribution in [3.05, 3.63) is 0 Å². The van der Waals surface area contributed by atoms with Crippen LogP contribution in [0.4, 0.5) is 0 Å². The number of rotatable bonds is 2. The Labute approximate surface area is 62.6 Å². The van der Waals surface area contributed by atoms with E-state index < -0.39 is 0 Å². The summed E-state index contributed by atoms with van der Waals surface area (Å²) in [5.74, 6) is 0. The van der Waals surface area contributed by atoms with Crippen molar-refractivity contribution in [2.45, 2.75) is 51.3 Å². The van der Waals surface area contributed by atoms with Crippen LogP contribution in [-0.4, -0.2) is 23.3 Å². The fourth-order valence-corrected chi connectivity index (χ4v) is 1.56. The minimum atomic E-state index is -0.0950. The average Bonchev–Trinajstić information content (AvgIpc) is 2.15. The Morgan fingerprint density at radius 3 is 2.50 bits per heavy atom. The van der Waals surface area contributed by atoms with Crippen LogP contribution in [0, 0.1) is 0 Å². The summed E-state index contributed by atoms with van der Waals surface area (Å²) in [4.78, 5) is 0. The van der Waals surface area contributed by atoms with Crippen LogP contribution in [0.1, 0.15) is 33.1 Å². The molecular weight excluding hydrogens is 126 g/mol. The van der Waals surface area contributed by atoms with E-state index in [1.807, 2.05) is 0 Å². The Kier molecular flexibility index (Phi) is 2.69. The average molecular weight is 143 g/mol. The Hall–Kier alpha value is -0.0800. The van der Waals surface area contributed by atoms with Gasteiger partial charge in [-0.1, -0.05) is 13.8 Å². The minimum Gasteiger partial charge on any atom is -0.392 e. The van der Waals surface area contributed by atoms with Gasteiger partial charge in [0.2, 0.25) is 0 Å². The van der Waals surface area contributed by atoms with Crippen molar-refractivity contribution in [3.8, 4) is 0 Å². The van der Waals surface area contributed by atoms with Crippen LogP contribution in [0.3, 0.4) is 0 Å². The fraction of sp³-hybridized carbons (Fsp3) is 1.00. The summed E-state index contributed by atoms with van der Waals surface area (Å²) >= 11 is 0. The van der Waals surface area contributed by atoms with E-state index in [0.717, 1.165) is 12.8 Å². The number of aliphatic hydroxyl groups excluding tert-OH is 1. The topological polar surface area (TPSA) is 32.3 Å². The molecule has 0 aromatic rings. The molecule has 1 unspecified atom stereocenters.